The number of hydrogen-bond donors (Lipinski definition) is 2. The first-order chi connectivity index (χ1) is 10.6. The molecule has 1 amide bonds. The van der Waals surface area contributed by atoms with Crippen molar-refractivity contribution in [2.24, 2.45) is 0 Å². The topological polar surface area (TPSA) is 88.0 Å². The third kappa shape index (κ3) is 3.73. The Kier molecular flexibility index (Phi) is 5.08. The molecule has 3 aromatic rings. The number of pyridine rings is 1. The first-order valence-electron chi connectivity index (χ1n) is 6.78. The fourth-order valence-corrected chi connectivity index (χ4v) is 2.30. The van der Waals surface area contributed by atoms with Crippen LogP contribution in [-0.2, 0) is 11.2 Å². The molecule has 7 heteroatoms. The van der Waals surface area contributed by atoms with Gasteiger partial charge < -0.3 is 10.4 Å². The van der Waals surface area contributed by atoms with Crippen LogP contribution in [0, 0.1) is 0 Å². The van der Waals surface area contributed by atoms with Crippen molar-refractivity contribution in [3.63, 3.8) is 0 Å². The first-order valence-corrected chi connectivity index (χ1v) is 6.78. The Balaban J connectivity index is 0.00000192. The molecule has 0 aliphatic rings. The van der Waals surface area contributed by atoms with Gasteiger partial charge in [0.25, 0.3) is 0 Å². The predicted molar refractivity (Wildman–Crippen MR) is 89.8 cm³/mol. The number of rotatable bonds is 3. The Hall–Kier alpha value is -2.73. The van der Waals surface area contributed by atoms with Gasteiger partial charge in [0.15, 0.2) is 0 Å². The van der Waals surface area contributed by atoms with E-state index >= 15 is 0 Å². The van der Waals surface area contributed by atoms with Gasteiger partial charge in [-0.1, -0.05) is 6.07 Å². The van der Waals surface area contributed by atoms with Crippen LogP contribution in [0.15, 0.2) is 42.7 Å². The molecular formula is C16H15ClN4O2. The molecule has 0 saturated heterocycles. The van der Waals surface area contributed by atoms with Gasteiger partial charge in [0, 0.05) is 42.2 Å². The van der Waals surface area contributed by atoms with Gasteiger partial charge in [-0.2, -0.15) is 5.10 Å². The van der Waals surface area contributed by atoms with Crippen molar-refractivity contribution >= 4 is 34.8 Å². The minimum atomic E-state index is -0.169. The standard InChI is InChI=1S/C16H14N4O2.ClH/c1-10(21)18-12-2-3-13-14(9-12)16(22)20-19-15(13)8-11-4-6-17-7-5-11;/h2-7,9H,8H2,1H3,(H,18,21)(H,20,22);1H. The Labute approximate surface area is 139 Å². The van der Waals surface area contributed by atoms with Crippen LogP contribution in [0.5, 0.6) is 5.88 Å². The van der Waals surface area contributed by atoms with Crippen LogP contribution in [-0.4, -0.2) is 26.2 Å². The van der Waals surface area contributed by atoms with E-state index in [0.29, 0.717) is 17.5 Å². The van der Waals surface area contributed by atoms with Gasteiger partial charge in [0.05, 0.1) is 5.69 Å². The smallest absolute Gasteiger partial charge is 0.239 e. The lowest BCUT2D eigenvalue weighted by Crippen LogP contribution is -2.05. The normalized spacial score (nSPS) is 10.1. The summed E-state index contributed by atoms with van der Waals surface area (Å²) >= 11 is 0. The molecule has 2 aromatic heterocycles. The van der Waals surface area contributed by atoms with Gasteiger partial charge in [-0.05, 0) is 29.8 Å². The van der Waals surface area contributed by atoms with E-state index in [1.54, 1.807) is 24.5 Å². The third-order valence-corrected chi connectivity index (χ3v) is 3.28. The van der Waals surface area contributed by atoms with Crippen LogP contribution < -0.4 is 5.32 Å². The molecular weight excluding hydrogens is 316 g/mol. The zero-order valence-corrected chi connectivity index (χ0v) is 13.2. The van der Waals surface area contributed by atoms with Gasteiger partial charge in [-0.15, -0.1) is 17.5 Å². The van der Waals surface area contributed by atoms with Crippen LogP contribution in [0.25, 0.3) is 10.8 Å². The number of fused-ring (bicyclic) bond motifs is 1. The number of nitrogens with zero attached hydrogens (tertiary/aromatic N) is 3. The van der Waals surface area contributed by atoms with Gasteiger partial charge >= 0.3 is 0 Å². The highest BCUT2D eigenvalue weighted by atomic mass is 35.5. The molecule has 0 unspecified atom stereocenters. The Bertz CT molecular complexity index is 840. The molecule has 0 fully saturated rings. The van der Waals surface area contributed by atoms with Crippen molar-refractivity contribution < 1.29 is 9.90 Å². The first kappa shape index (κ1) is 16.6. The lowest BCUT2D eigenvalue weighted by molar-refractivity contribution is -0.114. The fraction of sp³-hybridized carbons (Fsp3) is 0.125. The molecule has 3 rings (SSSR count). The molecule has 0 saturated carbocycles. The Morgan fingerprint density at radius 1 is 1.13 bits per heavy atom. The number of nitrogens with one attached hydrogen (secondary N) is 1. The summed E-state index contributed by atoms with van der Waals surface area (Å²) < 4.78 is 0. The number of hydrogen-bond acceptors (Lipinski definition) is 5. The molecule has 0 aliphatic heterocycles. The van der Waals surface area contributed by atoms with E-state index in [1.807, 2.05) is 18.2 Å². The minimum absolute atomic E-state index is 0. The van der Waals surface area contributed by atoms with Crippen molar-refractivity contribution in [3.8, 4) is 5.88 Å². The number of halogens is 1. The van der Waals surface area contributed by atoms with Crippen molar-refractivity contribution in [2.45, 2.75) is 13.3 Å². The number of amides is 1. The van der Waals surface area contributed by atoms with Crippen molar-refractivity contribution in [3.05, 3.63) is 54.0 Å². The van der Waals surface area contributed by atoms with Gasteiger partial charge in [0.1, 0.15) is 0 Å². The van der Waals surface area contributed by atoms with Crippen LogP contribution in [0.4, 0.5) is 5.69 Å². The number of aromatic hydroxyl groups is 1. The maximum Gasteiger partial charge on any atom is 0.239 e. The van der Waals surface area contributed by atoms with Crippen molar-refractivity contribution in [2.75, 3.05) is 5.32 Å². The number of carbonyl (C=O) groups excluding carboxylic acids is 1. The van der Waals surface area contributed by atoms with E-state index in [2.05, 4.69) is 20.5 Å². The molecule has 0 aliphatic carbocycles. The van der Waals surface area contributed by atoms with Crippen molar-refractivity contribution in [1.82, 2.24) is 15.2 Å². The summed E-state index contributed by atoms with van der Waals surface area (Å²) in [5, 5.41) is 21.9. The molecule has 2 N–H and O–H groups in total. The van der Waals surface area contributed by atoms with E-state index in [4.69, 9.17) is 0 Å². The van der Waals surface area contributed by atoms with Crippen LogP contribution in [0.1, 0.15) is 18.2 Å². The average molecular weight is 331 g/mol. The van der Waals surface area contributed by atoms with Crippen LogP contribution >= 0.6 is 12.4 Å². The van der Waals surface area contributed by atoms with E-state index in [0.717, 1.165) is 16.6 Å². The maximum absolute atomic E-state index is 11.1. The molecule has 0 radical (unpaired) electrons. The monoisotopic (exact) mass is 330 g/mol. The van der Waals surface area contributed by atoms with Crippen LogP contribution in [0.2, 0.25) is 0 Å². The fourth-order valence-electron chi connectivity index (χ4n) is 2.30. The largest absolute Gasteiger partial charge is 0.492 e. The maximum atomic E-state index is 11.1. The van der Waals surface area contributed by atoms with E-state index in [9.17, 15) is 9.90 Å². The van der Waals surface area contributed by atoms with Gasteiger partial charge in [0.2, 0.25) is 11.8 Å². The molecule has 118 valence electrons. The van der Waals surface area contributed by atoms with E-state index in [-0.39, 0.29) is 24.2 Å². The molecule has 0 bridgehead atoms. The summed E-state index contributed by atoms with van der Waals surface area (Å²) in [6.45, 7) is 1.43. The highest BCUT2D eigenvalue weighted by molar-refractivity contribution is 5.95. The van der Waals surface area contributed by atoms with Gasteiger partial charge in [-0.25, -0.2) is 0 Å². The summed E-state index contributed by atoms with van der Waals surface area (Å²) in [7, 11) is 0. The van der Waals surface area contributed by atoms with Crippen molar-refractivity contribution in [1.29, 1.82) is 0 Å². The second-order valence-corrected chi connectivity index (χ2v) is 4.94. The lowest BCUT2D eigenvalue weighted by Gasteiger charge is -2.08. The van der Waals surface area contributed by atoms with E-state index < -0.39 is 0 Å². The molecule has 0 spiro atoms. The van der Waals surface area contributed by atoms with Crippen LogP contribution in [0.3, 0.4) is 0 Å². The molecule has 2 heterocycles. The lowest BCUT2D eigenvalue weighted by atomic mass is 10.0. The quantitative estimate of drug-likeness (QED) is 0.771. The second kappa shape index (κ2) is 7.02. The zero-order chi connectivity index (χ0) is 15.5. The Morgan fingerprint density at radius 2 is 1.87 bits per heavy atom. The summed E-state index contributed by atoms with van der Waals surface area (Å²) in [5.74, 6) is -0.321. The zero-order valence-electron chi connectivity index (χ0n) is 12.4. The molecule has 23 heavy (non-hydrogen) atoms. The summed E-state index contributed by atoms with van der Waals surface area (Å²) in [5.41, 5.74) is 2.42. The van der Waals surface area contributed by atoms with Gasteiger partial charge in [-0.3, -0.25) is 9.78 Å². The molecule has 1 aromatic carbocycles. The summed E-state index contributed by atoms with van der Waals surface area (Å²) in [6, 6.07) is 9.11. The number of anilines is 1. The number of aromatic nitrogens is 3. The molecule has 6 nitrogen and oxygen atoms in total. The highest BCUT2D eigenvalue weighted by Crippen LogP contribution is 2.28. The predicted octanol–water partition coefficient (Wildman–Crippen LogP) is 2.70. The number of carbonyl (C=O) groups is 1. The average Bonchev–Trinajstić information content (AvgIpc) is 2.51. The summed E-state index contributed by atoms with van der Waals surface area (Å²) in [6.07, 6.45) is 4.03. The van der Waals surface area contributed by atoms with E-state index in [1.165, 1.54) is 6.92 Å². The Morgan fingerprint density at radius 3 is 2.57 bits per heavy atom. The molecule has 0 atom stereocenters. The minimum Gasteiger partial charge on any atom is -0.492 e. The highest BCUT2D eigenvalue weighted by Gasteiger charge is 2.10. The SMILES string of the molecule is CC(=O)Nc1ccc2c(Cc3ccncc3)nnc(O)c2c1.Cl. The second-order valence-electron chi connectivity index (χ2n) is 4.94. The number of benzene rings is 1. The summed E-state index contributed by atoms with van der Waals surface area (Å²) in [4.78, 5) is 15.1. The third-order valence-electron chi connectivity index (χ3n) is 3.28.